The normalized spacial score (nSPS) is 37.3. The molecule has 0 aromatic heterocycles. The highest BCUT2D eigenvalue weighted by molar-refractivity contribution is 6.08. The topological polar surface area (TPSA) is 63.3 Å². The highest BCUT2D eigenvalue weighted by Gasteiger charge is 2.48. The lowest BCUT2D eigenvalue weighted by Crippen LogP contribution is -2.51. The van der Waals surface area contributed by atoms with Gasteiger partial charge in [0.2, 0.25) is 0 Å². The van der Waals surface area contributed by atoms with Crippen LogP contribution >= 0.6 is 0 Å². The Morgan fingerprint density at radius 2 is 2.36 bits per heavy atom. The summed E-state index contributed by atoms with van der Waals surface area (Å²) in [5.74, 6) is -0.184. The summed E-state index contributed by atoms with van der Waals surface area (Å²) >= 11 is 0. The van der Waals surface area contributed by atoms with Crippen LogP contribution in [0.1, 0.15) is 32.6 Å². The van der Waals surface area contributed by atoms with Gasteiger partial charge in [0, 0.05) is 0 Å². The molecule has 1 rings (SSSR count). The molecule has 80 valence electrons. The number of carboxylic acids is 1. The maximum atomic E-state index is 11.1. The summed E-state index contributed by atoms with van der Waals surface area (Å²) in [5.41, 5.74) is 5.03. The smallest absolute Gasteiger partial charge is 0.323 e. The summed E-state index contributed by atoms with van der Waals surface area (Å²) in [5, 5.41) is 9.14. The van der Waals surface area contributed by atoms with Gasteiger partial charge in [-0.3, -0.25) is 4.79 Å². The molecule has 1 aliphatic rings. The van der Waals surface area contributed by atoms with E-state index in [1.165, 1.54) is 0 Å². The summed E-state index contributed by atoms with van der Waals surface area (Å²) in [4.78, 5) is 11.1. The van der Waals surface area contributed by atoms with Gasteiger partial charge in [-0.1, -0.05) is 19.7 Å². The number of rotatable bonds is 4. The molecule has 3 atom stereocenters. The molecule has 0 unspecified atom stereocenters. The van der Waals surface area contributed by atoms with Crippen molar-refractivity contribution in [1.82, 2.24) is 0 Å². The zero-order valence-corrected chi connectivity index (χ0v) is 9.12. The zero-order valence-electron chi connectivity index (χ0n) is 9.12. The Labute approximate surface area is 86.5 Å². The summed E-state index contributed by atoms with van der Waals surface area (Å²) in [7, 11) is 2.12. The molecule has 3 nitrogen and oxygen atoms in total. The van der Waals surface area contributed by atoms with Gasteiger partial charge < -0.3 is 10.8 Å². The Morgan fingerprint density at radius 1 is 1.71 bits per heavy atom. The van der Waals surface area contributed by atoms with E-state index in [1.54, 1.807) is 0 Å². The van der Waals surface area contributed by atoms with Crippen LogP contribution in [0.4, 0.5) is 0 Å². The predicted octanol–water partition coefficient (Wildman–Crippen LogP) is 0.646. The van der Waals surface area contributed by atoms with Gasteiger partial charge in [-0.2, -0.15) is 0 Å². The first-order valence-corrected chi connectivity index (χ1v) is 5.53. The van der Waals surface area contributed by atoms with E-state index in [0.717, 1.165) is 25.6 Å². The van der Waals surface area contributed by atoms with Crippen LogP contribution in [-0.4, -0.2) is 24.5 Å². The van der Waals surface area contributed by atoms with Crippen molar-refractivity contribution in [2.45, 2.75) is 44.5 Å². The molecule has 3 N–H and O–H groups in total. The van der Waals surface area contributed by atoms with Crippen LogP contribution in [0.5, 0.6) is 0 Å². The Hall–Kier alpha value is -0.505. The second-order valence-electron chi connectivity index (χ2n) is 4.73. The Morgan fingerprint density at radius 3 is 2.86 bits per heavy atom. The van der Waals surface area contributed by atoms with Crippen molar-refractivity contribution in [3.05, 3.63) is 0 Å². The number of carboxylic acid groups (broad SMARTS) is 1. The fourth-order valence-corrected chi connectivity index (χ4v) is 2.61. The third kappa shape index (κ3) is 2.11. The van der Waals surface area contributed by atoms with Gasteiger partial charge in [-0.25, -0.2) is 0 Å². The van der Waals surface area contributed by atoms with Crippen molar-refractivity contribution in [2.75, 3.05) is 0 Å². The second kappa shape index (κ2) is 4.34. The van der Waals surface area contributed by atoms with Gasteiger partial charge >= 0.3 is 5.97 Å². The first kappa shape index (κ1) is 11.6. The lowest BCUT2D eigenvalue weighted by Gasteiger charge is -2.26. The number of nitrogens with two attached hydrogens (primary N) is 1. The number of hydrogen-bond acceptors (Lipinski definition) is 2. The molecular weight excluding hydrogens is 177 g/mol. The molecule has 1 fully saturated rings. The molecule has 4 heteroatoms. The van der Waals surface area contributed by atoms with E-state index in [2.05, 4.69) is 14.8 Å². The molecule has 0 saturated heterocycles. The molecular formula is C10H20BNO2. The summed E-state index contributed by atoms with van der Waals surface area (Å²) in [6.45, 7) is 2.09. The molecule has 0 aromatic rings. The van der Waals surface area contributed by atoms with Gasteiger partial charge in [0.05, 0.1) is 0 Å². The average Bonchev–Trinajstić information content (AvgIpc) is 2.39. The average molecular weight is 197 g/mol. The molecule has 0 aliphatic heterocycles. The zero-order chi connectivity index (χ0) is 10.8. The molecule has 0 aromatic carbocycles. The van der Waals surface area contributed by atoms with E-state index < -0.39 is 11.5 Å². The Bertz CT molecular complexity index is 222. The van der Waals surface area contributed by atoms with Crippen molar-refractivity contribution in [3.8, 4) is 0 Å². The predicted molar refractivity (Wildman–Crippen MR) is 59.0 cm³/mol. The lowest BCUT2D eigenvalue weighted by molar-refractivity contribution is -0.145. The van der Waals surface area contributed by atoms with Crippen molar-refractivity contribution in [2.24, 2.45) is 17.6 Å². The largest absolute Gasteiger partial charge is 0.480 e. The van der Waals surface area contributed by atoms with Crippen LogP contribution < -0.4 is 5.73 Å². The number of aliphatic carboxylic acids is 1. The number of hydrogen-bond donors (Lipinski definition) is 2. The minimum Gasteiger partial charge on any atom is -0.480 e. The molecule has 0 bridgehead atoms. The first-order chi connectivity index (χ1) is 6.50. The van der Waals surface area contributed by atoms with Gasteiger partial charge in [0.15, 0.2) is 0 Å². The molecule has 1 aliphatic carbocycles. The Balaban J connectivity index is 2.66. The first-order valence-electron chi connectivity index (χ1n) is 5.53. The van der Waals surface area contributed by atoms with E-state index in [0.29, 0.717) is 12.3 Å². The summed E-state index contributed by atoms with van der Waals surface area (Å²) < 4.78 is 0. The van der Waals surface area contributed by atoms with Gasteiger partial charge in [-0.15, -0.1) is 0 Å². The Kier molecular flexibility index (Phi) is 3.59. The fraction of sp³-hybridized carbons (Fsp3) is 0.900. The molecule has 0 heterocycles. The van der Waals surface area contributed by atoms with E-state index in [9.17, 15) is 4.79 Å². The van der Waals surface area contributed by atoms with Crippen molar-refractivity contribution >= 4 is 13.8 Å². The van der Waals surface area contributed by atoms with Gasteiger partial charge in [-0.05, 0) is 31.1 Å². The highest BCUT2D eigenvalue weighted by atomic mass is 16.4. The van der Waals surface area contributed by atoms with Crippen LogP contribution in [0.3, 0.4) is 0 Å². The quantitative estimate of drug-likeness (QED) is 0.650. The van der Waals surface area contributed by atoms with Crippen LogP contribution in [0.15, 0.2) is 0 Å². The minimum absolute atomic E-state index is 0.176. The van der Waals surface area contributed by atoms with Crippen LogP contribution in [0.2, 0.25) is 6.32 Å². The maximum Gasteiger partial charge on any atom is 0.323 e. The third-order valence-corrected chi connectivity index (χ3v) is 3.41. The SMILES string of the molecule is BCCC[C@H]1C[C@H](C)C[C@@]1(N)C(=O)O. The van der Waals surface area contributed by atoms with Crippen molar-refractivity contribution < 1.29 is 9.90 Å². The molecule has 1 saturated carbocycles. The van der Waals surface area contributed by atoms with Crippen molar-refractivity contribution in [1.29, 1.82) is 0 Å². The maximum absolute atomic E-state index is 11.1. The van der Waals surface area contributed by atoms with E-state index in [-0.39, 0.29) is 5.92 Å². The monoisotopic (exact) mass is 197 g/mol. The third-order valence-electron chi connectivity index (χ3n) is 3.41. The van der Waals surface area contributed by atoms with Crippen LogP contribution in [0, 0.1) is 11.8 Å². The van der Waals surface area contributed by atoms with E-state index >= 15 is 0 Å². The molecule has 0 amide bonds. The van der Waals surface area contributed by atoms with Crippen LogP contribution in [-0.2, 0) is 4.79 Å². The molecule has 0 radical (unpaired) electrons. The summed E-state index contributed by atoms with van der Waals surface area (Å²) in [6.07, 6.45) is 4.77. The standard InChI is InChI=1S/C10H20BNO2/c1-7-5-8(3-2-4-11)10(12,6-7)9(13)14/h7-8H,2-6,11-12H2,1H3,(H,13,14)/t7-,8-,10-/m0/s1. The summed E-state index contributed by atoms with van der Waals surface area (Å²) in [6, 6.07) is 0. The highest BCUT2D eigenvalue weighted by Crippen LogP contribution is 2.40. The second-order valence-corrected chi connectivity index (χ2v) is 4.73. The van der Waals surface area contributed by atoms with Gasteiger partial charge in [0.1, 0.15) is 13.4 Å². The molecule has 14 heavy (non-hydrogen) atoms. The molecule has 0 spiro atoms. The lowest BCUT2D eigenvalue weighted by atomic mass is 9.83. The minimum atomic E-state index is -0.950. The van der Waals surface area contributed by atoms with Crippen LogP contribution in [0.25, 0.3) is 0 Å². The van der Waals surface area contributed by atoms with Crippen molar-refractivity contribution in [3.63, 3.8) is 0 Å². The van der Waals surface area contributed by atoms with Gasteiger partial charge in [0.25, 0.3) is 0 Å². The fourth-order valence-electron chi connectivity index (χ4n) is 2.61. The van der Waals surface area contributed by atoms with E-state index in [4.69, 9.17) is 10.8 Å². The van der Waals surface area contributed by atoms with E-state index in [1.807, 2.05) is 0 Å². The number of carbonyl (C=O) groups is 1.